The number of hydrogen-bond donors (Lipinski definition) is 1. The molecule has 1 aliphatic heterocycles. The molecule has 0 aromatic heterocycles. The normalized spacial score (nSPS) is 17.6. The van der Waals surface area contributed by atoms with Gasteiger partial charge in [-0.05, 0) is 66.9 Å². The highest BCUT2D eigenvalue weighted by atomic mass is 35.5. The van der Waals surface area contributed by atoms with Crippen molar-refractivity contribution in [1.82, 2.24) is 4.72 Å². The molecule has 2 atom stereocenters. The predicted octanol–water partition coefficient (Wildman–Crippen LogP) is 6.09. The molecule has 3 aromatic rings. The highest BCUT2D eigenvalue weighted by Crippen LogP contribution is 2.42. The van der Waals surface area contributed by atoms with E-state index in [1.54, 1.807) is 61.3 Å². The van der Waals surface area contributed by atoms with Crippen molar-refractivity contribution in [2.75, 3.05) is 17.3 Å². The van der Waals surface area contributed by atoms with Crippen LogP contribution < -0.4 is 13.9 Å². The third kappa shape index (κ3) is 6.77. The second-order valence-corrected chi connectivity index (χ2v) is 13.7. The van der Waals surface area contributed by atoms with Crippen molar-refractivity contribution in [3.05, 3.63) is 87.7 Å². The predicted molar refractivity (Wildman–Crippen MR) is 156 cm³/mol. The first-order chi connectivity index (χ1) is 18.8. The molecule has 0 amide bonds. The molecule has 0 aliphatic carbocycles. The number of aryl methyl sites for hydroxylation is 1. The molecule has 13 heteroatoms. The van der Waals surface area contributed by atoms with E-state index in [0.717, 1.165) is 11.6 Å². The van der Waals surface area contributed by atoms with Gasteiger partial charge in [-0.15, -0.1) is 0 Å². The molecule has 0 radical (unpaired) electrons. The van der Waals surface area contributed by atoms with Crippen molar-refractivity contribution < 1.29 is 25.4 Å². The fourth-order valence-electron chi connectivity index (χ4n) is 4.45. The summed E-state index contributed by atoms with van der Waals surface area (Å²) in [6.07, 6.45) is 0.430. The van der Waals surface area contributed by atoms with E-state index < -0.39 is 32.0 Å². The second-order valence-electron chi connectivity index (χ2n) is 9.41. The van der Waals surface area contributed by atoms with Gasteiger partial charge in [0.1, 0.15) is 11.6 Å². The molecule has 0 bridgehead atoms. The molecule has 0 fully saturated rings. The standard InChI is InChI=1S/C27H28Cl2FN3O5S2/c1-4-13-39(34,35)38-22-10-6-19(7-11-22)27-18(3)24(32-33(27)25-12-8-20(28)14-23(25)29)16-31-40(36,37)26-15-21(30)9-5-17(26)2/h5-12,14-15,18,27,31H,4,13,16H2,1-3H3/t18-,27?/m0/s1. The summed E-state index contributed by atoms with van der Waals surface area (Å²) < 4.78 is 71.7. The van der Waals surface area contributed by atoms with Gasteiger partial charge in [0.2, 0.25) is 10.0 Å². The summed E-state index contributed by atoms with van der Waals surface area (Å²) in [4.78, 5) is -0.151. The van der Waals surface area contributed by atoms with E-state index in [0.29, 0.717) is 33.4 Å². The zero-order chi connectivity index (χ0) is 29.2. The first-order valence-electron chi connectivity index (χ1n) is 12.4. The monoisotopic (exact) mass is 627 g/mol. The van der Waals surface area contributed by atoms with Crippen molar-refractivity contribution in [3.8, 4) is 5.75 Å². The smallest absolute Gasteiger partial charge is 0.309 e. The van der Waals surface area contributed by atoms with Crippen LogP contribution in [-0.2, 0) is 20.1 Å². The Bertz CT molecular complexity index is 1650. The van der Waals surface area contributed by atoms with Gasteiger partial charge in [-0.25, -0.2) is 17.5 Å². The summed E-state index contributed by atoms with van der Waals surface area (Å²) in [6.45, 7) is 5.10. The second kappa shape index (κ2) is 12.0. The molecule has 3 aromatic carbocycles. The van der Waals surface area contributed by atoms with Crippen LogP contribution in [0, 0.1) is 18.7 Å². The van der Waals surface area contributed by atoms with Gasteiger partial charge < -0.3 is 4.18 Å². The molecule has 214 valence electrons. The van der Waals surface area contributed by atoms with E-state index in [9.17, 15) is 21.2 Å². The minimum absolute atomic E-state index is 0.0977. The third-order valence-corrected chi connectivity index (χ3v) is 9.87. The molecule has 1 N–H and O–H groups in total. The number of nitrogens with zero attached hydrogens (tertiary/aromatic N) is 2. The van der Waals surface area contributed by atoms with Gasteiger partial charge >= 0.3 is 10.1 Å². The fourth-order valence-corrected chi connectivity index (χ4v) is 7.19. The summed E-state index contributed by atoms with van der Waals surface area (Å²) in [5.74, 6) is -0.882. The molecule has 0 saturated carbocycles. The summed E-state index contributed by atoms with van der Waals surface area (Å²) in [5.41, 5.74) is 2.24. The average molecular weight is 629 g/mol. The van der Waals surface area contributed by atoms with Crippen LogP contribution in [0.1, 0.15) is 37.4 Å². The number of halogens is 3. The molecular weight excluding hydrogens is 600 g/mol. The van der Waals surface area contributed by atoms with Crippen molar-refractivity contribution in [3.63, 3.8) is 0 Å². The number of rotatable bonds is 10. The Balaban J connectivity index is 1.65. The molecule has 4 rings (SSSR count). The maximum absolute atomic E-state index is 13.8. The van der Waals surface area contributed by atoms with Gasteiger partial charge in [-0.2, -0.15) is 13.5 Å². The lowest BCUT2D eigenvalue weighted by Gasteiger charge is -2.28. The Labute approximate surface area is 243 Å². The van der Waals surface area contributed by atoms with Crippen LogP contribution in [0.2, 0.25) is 10.0 Å². The Morgan fingerprint density at radius 3 is 2.38 bits per heavy atom. The minimum Gasteiger partial charge on any atom is -0.382 e. The number of sulfonamides is 1. The lowest BCUT2D eigenvalue weighted by atomic mass is 9.91. The van der Waals surface area contributed by atoms with Gasteiger partial charge in [-0.3, -0.25) is 5.01 Å². The van der Waals surface area contributed by atoms with E-state index in [4.69, 9.17) is 32.5 Å². The van der Waals surface area contributed by atoms with Crippen LogP contribution in [0.25, 0.3) is 0 Å². The topological polar surface area (TPSA) is 105 Å². The quantitative estimate of drug-likeness (QED) is 0.273. The van der Waals surface area contributed by atoms with E-state index in [1.165, 1.54) is 12.1 Å². The van der Waals surface area contributed by atoms with Crippen LogP contribution >= 0.6 is 23.2 Å². The molecule has 8 nitrogen and oxygen atoms in total. The van der Waals surface area contributed by atoms with Crippen LogP contribution in [0.3, 0.4) is 0 Å². The van der Waals surface area contributed by atoms with E-state index in [-0.39, 0.29) is 28.9 Å². The molecule has 0 spiro atoms. The average Bonchev–Trinajstić information content (AvgIpc) is 3.20. The van der Waals surface area contributed by atoms with Gasteiger partial charge in [0, 0.05) is 10.9 Å². The highest BCUT2D eigenvalue weighted by molar-refractivity contribution is 7.89. The van der Waals surface area contributed by atoms with E-state index >= 15 is 0 Å². The number of benzene rings is 3. The first kappa shape index (κ1) is 30.3. The third-order valence-electron chi connectivity index (χ3n) is 6.44. The van der Waals surface area contributed by atoms with Gasteiger partial charge in [-0.1, -0.05) is 55.2 Å². The maximum Gasteiger partial charge on any atom is 0.309 e. The Kier molecular flexibility index (Phi) is 9.11. The highest BCUT2D eigenvalue weighted by Gasteiger charge is 2.37. The van der Waals surface area contributed by atoms with Crippen molar-refractivity contribution in [2.24, 2.45) is 11.0 Å². The minimum atomic E-state index is -4.04. The zero-order valence-corrected chi connectivity index (χ0v) is 25.1. The van der Waals surface area contributed by atoms with Gasteiger partial charge in [0.05, 0.1) is 39.7 Å². The summed E-state index contributed by atoms with van der Waals surface area (Å²) in [6, 6.07) is 14.7. The van der Waals surface area contributed by atoms with Gasteiger partial charge in [0.25, 0.3) is 0 Å². The van der Waals surface area contributed by atoms with Crippen LogP contribution in [-0.4, -0.2) is 34.8 Å². The molecule has 0 saturated heterocycles. The molecule has 1 unspecified atom stereocenters. The van der Waals surface area contributed by atoms with Crippen LogP contribution in [0.4, 0.5) is 10.1 Å². The SMILES string of the molecule is CCCS(=O)(=O)Oc1ccc(C2[C@@H](C)C(CNS(=O)(=O)c3cc(F)ccc3C)=NN2c2ccc(Cl)cc2Cl)cc1. The summed E-state index contributed by atoms with van der Waals surface area (Å²) in [7, 11) is -7.74. The maximum atomic E-state index is 13.8. The van der Waals surface area contributed by atoms with E-state index in [2.05, 4.69) is 4.72 Å². The first-order valence-corrected chi connectivity index (χ1v) is 16.2. The van der Waals surface area contributed by atoms with Crippen molar-refractivity contribution >= 4 is 54.7 Å². The number of nitrogens with one attached hydrogen (secondary N) is 1. The number of hydrazone groups is 1. The fraction of sp³-hybridized carbons (Fsp3) is 0.296. The number of anilines is 1. The Morgan fingerprint density at radius 1 is 1.02 bits per heavy atom. The zero-order valence-electron chi connectivity index (χ0n) is 21.9. The van der Waals surface area contributed by atoms with Crippen LogP contribution in [0.5, 0.6) is 5.75 Å². The van der Waals surface area contributed by atoms with Crippen LogP contribution in [0.15, 0.2) is 70.7 Å². The Hall–Kier alpha value is -2.70. The van der Waals surface area contributed by atoms with Crippen molar-refractivity contribution in [1.29, 1.82) is 0 Å². The molecule has 1 aliphatic rings. The lowest BCUT2D eigenvalue weighted by Crippen LogP contribution is -2.32. The number of hydrogen-bond acceptors (Lipinski definition) is 7. The Morgan fingerprint density at radius 2 is 1.73 bits per heavy atom. The lowest BCUT2D eigenvalue weighted by molar-refractivity contribution is 0.484. The molecular formula is C27H28Cl2FN3O5S2. The largest absolute Gasteiger partial charge is 0.382 e. The van der Waals surface area contributed by atoms with Gasteiger partial charge in [0.15, 0.2) is 0 Å². The summed E-state index contributed by atoms with van der Waals surface area (Å²) >= 11 is 12.6. The van der Waals surface area contributed by atoms with E-state index in [1.807, 2.05) is 6.92 Å². The summed E-state index contributed by atoms with van der Waals surface area (Å²) in [5, 5.41) is 7.19. The molecule has 1 heterocycles. The van der Waals surface area contributed by atoms with Crippen molar-refractivity contribution in [2.45, 2.75) is 38.1 Å². The molecule has 40 heavy (non-hydrogen) atoms.